The Morgan fingerprint density at radius 3 is 2.79 bits per heavy atom. The van der Waals surface area contributed by atoms with Crippen LogP contribution in [0.15, 0.2) is 58.7 Å². The van der Waals surface area contributed by atoms with Crippen LogP contribution in [0.3, 0.4) is 0 Å². The highest BCUT2D eigenvalue weighted by Gasteiger charge is 2.24. The fraction of sp³-hybridized carbons (Fsp3) is 0.182. The van der Waals surface area contributed by atoms with Crippen LogP contribution >= 0.6 is 23.7 Å². The molecule has 33 heavy (non-hydrogen) atoms. The molecule has 4 rings (SSSR count). The second-order valence-electron chi connectivity index (χ2n) is 6.96. The SMILES string of the molecule is COC(=O)C(Cc1c[nH]c2ccccc12)NC(=O)Cc1csc(NC(=O)c2ccco2)n1.Cl. The van der Waals surface area contributed by atoms with Crippen LogP contribution in [0.1, 0.15) is 21.8 Å². The van der Waals surface area contributed by atoms with Crippen molar-refractivity contribution >= 4 is 57.6 Å². The molecule has 3 N–H and O–H groups in total. The van der Waals surface area contributed by atoms with Crippen molar-refractivity contribution in [1.29, 1.82) is 0 Å². The number of rotatable bonds is 8. The van der Waals surface area contributed by atoms with E-state index in [0.717, 1.165) is 16.5 Å². The van der Waals surface area contributed by atoms with Crippen molar-refractivity contribution in [3.05, 3.63) is 71.3 Å². The van der Waals surface area contributed by atoms with Gasteiger partial charge >= 0.3 is 5.97 Å². The second kappa shape index (κ2) is 10.8. The third-order valence-electron chi connectivity index (χ3n) is 4.78. The van der Waals surface area contributed by atoms with E-state index < -0.39 is 17.9 Å². The van der Waals surface area contributed by atoms with Crippen LogP contribution in [-0.2, 0) is 27.2 Å². The van der Waals surface area contributed by atoms with Crippen LogP contribution in [-0.4, -0.2) is 40.9 Å². The minimum absolute atomic E-state index is 0. The monoisotopic (exact) mass is 488 g/mol. The first-order valence-corrected chi connectivity index (χ1v) is 10.6. The number of methoxy groups -OCH3 is 1. The number of carbonyl (C=O) groups is 3. The number of halogens is 1. The molecule has 0 spiro atoms. The number of carbonyl (C=O) groups excluding carboxylic acids is 3. The third-order valence-corrected chi connectivity index (χ3v) is 5.59. The van der Waals surface area contributed by atoms with Crippen molar-refractivity contribution < 1.29 is 23.5 Å². The number of aromatic nitrogens is 2. The Morgan fingerprint density at radius 2 is 2.03 bits per heavy atom. The van der Waals surface area contributed by atoms with Crippen molar-refractivity contribution in [1.82, 2.24) is 15.3 Å². The fourth-order valence-corrected chi connectivity index (χ4v) is 3.98. The molecule has 0 bridgehead atoms. The number of fused-ring (bicyclic) bond motifs is 1. The summed E-state index contributed by atoms with van der Waals surface area (Å²) in [7, 11) is 1.28. The normalized spacial score (nSPS) is 11.4. The predicted octanol–water partition coefficient (Wildman–Crippen LogP) is 3.33. The van der Waals surface area contributed by atoms with Crippen LogP contribution in [0.4, 0.5) is 5.13 Å². The molecule has 0 saturated carbocycles. The Morgan fingerprint density at radius 1 is 1.21 bits per heavy atom. The van der Waals surface area contributed by atoms with Gasteiger partial charge in [0.05, 0.1) is 25.5 Å². The van der Waals surface area contributed by atoms with E-state index in [-0.39, 0.29) is 36.9 Å². The molecule has 3 aromatic heterocycles. The van der Waals surface area contributed by atoms with Crippen LogP contribution in [0.5, 0.6) is 0 Å². The largest absolute Gasteiger partial charge is 0.467 e. The average molecular weight is 489 g/mol. The number of hydrogen-bond donors (Lipinski definition) is 3. The first-order chi connectivity index (χ1) is 15.5. The lowest BCUT2D eigenvalue weighted by Gasteiger charge is -2.16. The zero-order valence-electron chi connectivity index (χ0n) is 17.5. The van der Waals surface area contributed by atoms with Crippen LogP contribution in [0, 0.1) is 0 Å². The molecule has 0 saturated heterocycles. The lowest BCUT2D eigenvalue weighted by atomic mass is 10.0. The molecule has 4 aromatic rings. The number of H-pyrrole nitrogens is 1. The molecule has 1 unspecified atom stereocenters. The molecular weight excluding hydrogens is 468 g/mol. The third kappa shape index (κ3) is 5.79. The molecule has 3 heterocycles. The number of furan rings is 1. The Bertz CT molecular complexity index is 1250. The number of hydrogen-bond acceptors (Lipinski definition) is 7. The van der Waals surface area contributed by atoms with Crippen molar-refractivity contribution in [2.45, 2.75) is 18.9 Å². The number of esters is 1. The number of benzene rings is 1. The highest BCUT2D eigenvalue weighted by atomic mass is 35.5. The maximum Gasteiger partial charge on any atom is 0.328 e. The molecule has 0 aliphatic rings. The van der Waals surface area contributed by atoms with Crippen molar-refractivity contribution in [3.63, 3.8) is 0 Å². The summed E-state index contributed by atoms with van der Waals surface area (Å²) in [5.41, 5.74) is 2.31. The van der Waals surface area contributed by atoms with Gasteiger partial charge in [-0.05, 0) is 23.8 Å². The summed E-state index contributed by atoms with van der Waals surface area (Å²) in [6.07, 6.45) is 3.46. The maximum atomic E-state index is 12.6. The molecule has 11 heteroatoms. The van der Waals surface area contributed by atoms with E-state index in [4.69, 9.17) is 9.15 Å². The number of para-hydroxylation sites is 1. The highest BCUT2D eigenvalue weighted by Crippen LogP contribution is 2.20. The van der Waals surface area contributed by atoms with E-state index >= 15 is 0 Å². The standard InChI is InChI=1S/C22H20N4O5S.ClH/c1-30-21(29)17(9-13-11-23-16-6-3-2-5-15(13)16)25-19(27)10-14-12-32-22(24-14)26-20(28)18-7-4-8-31-18;/h2-8,11-12,17,23H,9-10H2,1H3,(H,25,27)(H,24,26,28);1H. The van der Waals surface area contributed by atoms with Gasteiger partial charge in [-0.3, -0.25) is 14.9 Å². The van der Waals surface area contributed by atoms with Crippen LogP contribution in [0.2, 0.25) is 0 Å². The van der Waals surface area contributed by atoms with Gasteiger partial charge in [-0.1, -0.05) is 18.2 Å². The Labute approximate surface area is 198 Å². The highest BCUT2D eigenvalue weighted by molar-refractivity contribution is 7.14. The fourth-order valence-electron chi connectivity index (χ4n) is 3.28. The number of nitrogens with one attached hydrogen (secondary N) is 3. The van der Waals surface area contributed by atoms with E-state index in [0.29, 0.717) is 10.8 Å². The number of thiazole rings is 1. The van der Waals surface area contributed by atoms with E-state index in [2.05, 4.69) is 20.6 Å². The van der Waals surface area contributed by atoms with Gasteiger partial charge in [0.1, 0.15) is 6.04 Å². The summed E-state index contributed by atoms with van der Waals surface area (Å²) >= 11 is 1.19. The van der Waals surface area contributed by atoms with Gasteiger partial charge in [-0.15, -0.1) is 23.7 Å². The van der Waals surface area contributed by atoms with Crippen molar-refractivity contribution in [2.75, 3.05) is 12.4 Å². The lowest BCUT2D eigenvalue weighted by Crippen LogP contribution is -2.43. The zero-order valence-corrected chi connectivity index (χ0v) is 19.1. The maximum absolute atomic E-state index is 12.6. The number of anilines is 1. The van der Waals surface area contributed by atoms with Gasteiger partial charge in [-0.2, -0.15) is 0 Å². The number of nitrogens with zero attached hydrogens (tertiary/aromatic N) is 1. The molecule has 1 aromatic carbocycles. The average Bonchev–Trinajstić information content (AvgIpc) is 3.54. The van der Waals surface area contributed by atoms with E-state index in [9.17, 15) is 14.4 Å². The van der Waals surface area contributed by atoms with Gasteiger partial charge in [0, 0.05) is 28.9 Å². The summed E-state index contributed by atoms with van der Waals surface area (Å²) < 4.78 is 9.91. The molecule has 1 atom stereocenters. The minimum atomic E-state index is -0.844. The van der Waals surface area contributed by atoms with E-state index in [1.807, 2.05) is 30.5 Å². The van der Waals surface area contributed by atoms with E-state index in [1.165, 1.54) is 30.8 Å². The summed E-state index contributed by atoms with van der Waals surface area (Å²) in [5, 5.41) is 8.34. The van der Waals surface area contributed by atoms with Crippen molar-refractivity contribution in [2.24, 2.45) is 0 Å². The predicted molar refractivity (Wildman–Crippen MR) is 126 cm³/mol. The molecule has 2 amide bonds. The molecular formula is C22H21ClN4O5S. The minimum Gasteiger partial charge on any atom is -0.467 e. The van der Waals surface area contributed by atoms with E-state index in [1.54, 1.807) is 11.4 Å². The van der Waals surface area contributed by atoms with Gasteiger partial charge in [0.25, 0.3) is 5.91 Å². The first kappa shape index (κ1) is 24.0. The molecule has 0 fully saturated rings. The van der Waals surface area contributed by atoms with Gasteiger partial charge in [-0.25, -0.2) is 9.78 Å². The smallest absolute Gasteiger partial charge is 0.328 e. The summed E-state index contributed by atoms with van der Waals surface area (Å²) in [6.45, 7) is 0. The molecule has 0 aliphatic carbocycles. The first-order valence-electron chi connectivity index (χ1n) is 9.75. The Hall–Kier alpha value is -3.63. The number of ether oxygens (including phenoxy) is 1. The molecule has 0 aliphatic heterocycles. The second-order valence-corrected chi connectivity index (χ2v) is 7.82. The van der Waals surface area contributed by atoms with Crippen LogP contribution < -0.4 is 10.6 Å². The lowest BCUT2D eigenvalue weighted by molar-refractivity contribution is -0.145. The Balaban J connectivity index is 0.00000306. The molecule has 172 valence electrons. The summed E-state index contributed by atoms with van der Waals surface area (Å²) in [6, 6.07) is 10.0. The van der Waals surface area contributed by atoms with Crippen molar-refractivity contribution in [3.8, 4) is 0 Å². The van der Waals surface area contributed by atoms with Gasteiger partial charge < -0.3 is 19.5 Å². The zero-order chi connectivity index (χ0) is 22.5. The topological polar surface area (TPSA) is 126 Å². The van der Waals surface area contributed by atoms with Gasteiger partial charge in [0.2, 0.25) is 5.91 Å². The quantitative estimate of drug-likeness (QED) is 0.326. The number of aromatic amines is 1. The summed E-state index contributed by atoms with van der Waals surface area (Å²) in [5.74, 6) is -1.18. The van der Waals surface area contributed by atoms with Crippen LogP contribution in [0.25, 0.3) is 10.9 Å². The van der Waals surface area contributed by atoms with Gasteiger partial charge in [0.15, 0.2) is 10.9 Å². The number of amides is 2. The Kier molecular flexibility index (Phi) is 7.86. The summed E-state index contributed by atoms with van der Waals surface area (Å²) in [4.78, 5) is 44.3. The molecule has 9 nitrogen and oxygen atoms in total. The molecule has 0 radical (unpaired) electrons.